The van der Waals surface area contributed by atoms with E-state index >= 15 is 0 Å². The molecule has 74 valence electrons. The monoisotopic (exact) mass is 209 g/mol. The van der Waals surface area contributed by atoms with E-state index in [2.05, 4.69) is 5.92 Å². The zero-order chi connectivity index (χ0) is 10.4. The molecule has 1 aromatic rings. The van der Waals surface area contributed by atoms with Crippen molar-refractivity contribution in [3.05, 3.63) is 22.4 Å². The highest BCUT2D eigenvalue weighted by Gasteiger charge is 2.08. The summed E-state index contributed by atoms with van der Waals surface area (Å²) in [5.41, 5.74) is 1.10. The van der Waals surface area contributed by atoms with Crippen LogP contribution in [0.1, 0.15) is 5.56 Å². The Morgan fingerprint density at radius 3 is 3.00 bits per heavy atom. The van der Waals surface area contributed by atoms with Crippen LogP contribution in [0, 0.1) is 12.3 Å². The molecule has 0 fully saturated rings. The molecule has 0 amide bonds. The van der Waals surface area contributed by atoms with Crippen molar-refractivity contribution in [3.8, 4) is 12.3 Å². The predicted molar refractivity (Wildman–Crippen MR) is 56.1 cm³/mol. The second-order valence-electron chi connectivity index (χ2n) is 2.87. The number of terminal acetylenes is 1. The van der Waals surface area contributed by atoms with Gasteiger partial charge in [-0.15, -0.1) is 6.42 Å². The van der Waals surface area contributed by atoms with Crippen LogP contribution >= 0.6 is 11.3 Å². The molecule has 1 aromatic heterocycles. The molecule has 1 heterocycles. The number of carboxylic acids is 1. The van der Waals surface area contributed by atoms with E-state index in [1.807, 2.05) is 16.8 Å². The van der Waals surface area contributed by atoms with Gasteiger partial charge in [0.25, 0.3) is 0 Å². The van der Waals surface area contributed by atoms with Crippen molar-refractivity contribution in [1.82, 2.24) is 4.90 Å². The Morgan fingerprint density at radius 2 is 2.50 bits per heavy atom. The highest BCUT2D eigenvalue weighted by Crippen LogP contribution is 2.08. The fourth-order valence-electron chi connectivity index (χ4n) is 1.13. The molecule has 1 N–H and O–H groups in total. The van der Waals surface area contributed by atoms with E-state index in [0.717, 1.165) is 5.56 Å². The van der Waals surface area contributed by atoms with E-state index in [0.29, 0.717) is 13.1 Å². The molecule has 3 nitrogen and oxygen atoms in total. The van der Waals surface area contributed by atoms with Crippen LogP contribution in [0.3, 0.4) is 0 Å². The smallest absolute Gasteiger partial charge is 0.317 e. The lowest BCUT2D eigenvalue weighted by molar-refractivity contribution is -0.138. The second kappa shape index (κ2) is 5.43. The molecule has 0 saturated heterocycles. The summed E-state index contributed by atoms with van der Waals surface area (Å²) in [7, 11) is 0. The van der Waals surface area contributed by atoms with E-state index in [4.69, 9.17) is 11.5 Å². The highest BCUT2D eigenvalue weighted by atomic mass is 32.1. The number of nitrogens with zero attached hydrogens (tertiary/aromatic N) is 1. The Morgan fingerprint density at radius 1 is 1.71 bits per heavy atom. The summed E-state index contributed by atoms with van der Waals surface area (Å²) in [6.45, 7) is 0.947. The van der Waals surface area contributed by atoms with Crippen molar-refractivity contribution >= 4 is 17.3 Å². The first-order valence-electron chi connectivity index (χ1n) is 4.11. The van der Waals surface area contributed by atoms with E-state index in [1.54, 1.807) is 16.2 Å². The lowest BCUT2D eigenvalue weighted by atomic mass is 10.3. The molecule has 0 aromatic carbocycles. The zero-order valence-corrected chi connectivity index (χ0v) is 8.46. The third-order valence-electron chi connectivity index (χ3n) is 1.66. The average Bonchev–Trinajstić information content (AvgIpc) is 2.56. The van der Waals surface area contributed by atoms with Crippen LogP contribution in [0.2, 0.25) is 0 Å². The largest absolute Gasteiger partial charge is 0.480 e. The minimum atomic E-state index is -0.851. The first kappa shape index (κ1) is 10.8. The molecular weight excluding hydrogens is 198 g/mol. The van der Waals surface area contributed by atoms with E-state index in [-0.39, 0.29) is 6.54 Å². The standard InChI is InChI=1S/C10H11NO2S/c1-2-4-11(7-10(12)13)6-9-3-5-14-8-9/h1,3,5,8H,4,6-7H2,(H,12,13). The lowest BCUT2D eigenvalue weighted by Crippen LogP contribution is -2.29. The quantitative estimate of drug-likeness (QED) is 0.742. The van der Waals surface area contributed by atoms with Crippen LogP contribution in [-0.2, 0) is 11.3 Å². The molecule has 14 heavy (non-hydrogen) atoms. The molecule has 1 rings (SSSR count). The Labute approximate surface area is 87.0 Å². The van der Waals surface area contributed by atoms with E-state index in [9.17, 15) is 4.79 Å². The van der Waals surface area contributed by atoms with Gasteiger partial charge in [-0.3, -0.25) is 9.69 Å². The van der Waals surface area contributed by atoms with E-state index in [1.165, 1.54) is 0 Å². The van der Waals surface area contributed by atoms with Gasteiger partial charge in [0.1, 0.15) is 0 Å². The fourth-order valence-corrected chi connectivity index (χ4v) is 1.79. The SMILES string of the molecule is C#CCN(CC(=O)O)Cc1ccsc1. The van der Waals surface area contributed by atoms with Gasteiger partial charge in [0, 0.05) is 6.54 Å². The third-order valence-corrected chi connectivity index (χ3v) is 2.39. The number of hydrogen-bond acceptors (Lipinski definition) is 3. The molecule has 0 unspecified atom stereocenters. The van der Waals surface area contributed by atoms with Crippen LogP contribution in [0.15, 0.2) is 16.8 Å². The van der Waals surface area contributed by atoms with Gasteiger partial charge < -0.3 is 5.11 Å². The van der Waals surface area contributed by atoms with Gasteiger partial charge in [-0.2, -0.15) is 11.3 Å². The maximum atomic E-state index is 10.5. The summed E-state index contributed by atoms with van der Waals surface area (Å²) in [6, 6.07) is 1.97. The van der Waals surface area contributed by atoms with Gasteiger partial charge in [0.05, 0.1) is 13.1 Å². The van der Waals surface area contributed by atoms with Gasteiger partial charge in [-0.05, 0) is 22.4 Å². The van der Waals surface area contributed by atoms with Gasteiger partial charge in [0.2, 0.25) is 0 Å². The summed E-state index contributed by atoms with van der Waals surface area (Å²) in [5, 5.41) is 12.6. The lowest BCUT2D eigenvalue weighted by Gasteiger charge is -2.15. The van der Waals surface area contributed by atoms with Crippen molar-refractivity contribution in [3.63, 3.8) is 0 Å². The first-order valence-corrected chi connectivity index (χ1v) is 5.05. The maximum Gasteiger partial charge on any atom is 0.317 e. The molecule has 0 aliphatic heterocycles. The van der Waals surface area contributed by atoms with Crippen LogP contribution < -0.4 is 0 Å². The average molecular weight is 209 g/mol. The van der Waals surface area contributed by atoms with E-state index < -0.39 is 5.97 Å². The summed E-state index contributed by atoms with van der Waals surface area (Å²) in [6.07, 6.45) is 5.15. The minimum absolute atomic E-state index is 0.0138. The molecule has 0 aliphatic rings. The number of carboxylic acid groups (broad SMARTS) is 1. The topological polar surface area (TPSA) is 40.5 Å². The molecule has 4 heteroatoms. The number of carbonyl (C=O) groups is 1. The van der Waals surface area contributed by atoms with Gasteiger partial charge in [-0.25, -0.2) is 0 Å². The molecule has 0 saturated carbocycles. The maximum absolute atomic E-state index is 10.5. The molecule has 0 spiro atoms. The molecule has 0 bridgehead atoms. The molecular formula is C10H11NO2S. The number of rotatable bonds is 5. The summed E-state index contributed by atoms with van der Waals surface area (Å²) in [5.74, 6) is 1.60. The minimum Gasteiger partial charge on any atom is -0.480 e. The third kappa shape index (κ3) is 3.60. The van der Waals surface area contributed by atoms with Crippen molar-refractivity contribution in [2.24, 2.45) is 0 Å². The van der Waals surface area contributed by atoms with Crippen molar-refractivity contribution < 1.29 is 9.90 Å². The van der Waals surface area contributed by atoms with Crippen LogP contribution in [-0.4, -0.2) is 29.1 Å². The second-order valence-corrected chi connectivity index (χ2v) is 3.65. The van der Waals surface area contributed by atoms with Gasteiger partial charge in [0.15, 0.2) is 0 Å². The Kier molecular flexibility index (Phi) is 4.17. The van der Waals surface area contributed by atoms with Gasteiger partial charge >= 0.3 is 5.97 Å². The number of aliphatic carboxylic acids is 1. The number of hydrogen-bond donors (Lipinski definition) is 1. The Balaban J connectivity index is 2.52. The normalized spacial score (nSPS) is 10.0. The molecule has 0 atom stereocenters. The van der Waals surface area contributed by atoms with Crippen LogP contribution in [0.4, 0.5) is 0 Å². The summed E-state index contributed by atoms with van der Waals surface area (Å²) < 4.78 is 0. The number of thiophene rings is 1. The summed E-state index contributed by atoms with van der Waals surface area (Å²) >= 11 is 1.59. The van der Waals surface area contributed by atoms with Gasteiger partial charge in [-0.1, -0.05) is 5.92 Å². The summed E-state index contributed by atoms with van der Waals surface area (Å²) in [4.78, 5) is 12.2. The highest BCUT2D eigenvalue weighted by molar-refractivity contribution is 7.07. The molecule has 0 radical (unpaired) electrons. The Hall–Kier alpha value is -1.31. The van der Waals surface area contributed by atoms with Crippen molar-refractivity contribution in [2.45, 2.75) is 6.54 Å². The first-order chi connectivity index (χ1) is 6.72. The van der Waals surface area contributed by atoms with Crippen molar-refractivity contribution in [2.75, 3.05) is 13.1 Å². The molecule has 0 aliphatic carbocycles. The predicted octanol–water partition coefficient (Wildman–Crippen LogP) is 1.27. The van der Waals surface area contributed by atoms with Crippen molar-refractivity contribution in [1.29, 1.82) is 0 Å². The Bertz CT molecular complexity index is 326. The van der Waals surface area contributed by atoms with Crippen LogP contribution in [0.5, 0.6) is 0 Å². The fraction of sp³-hybridized carbons (Fsp3) is 0.300. The zero-order valence-electron chi connectivity index (χ0n) is 7.64. The van der Waals surface area contributed by atoms with Crippen LogP contribution in [0.25, 0.3) is 0 Å².